The van der Waals surface area contributed by atoms with Crippen LogP contribution in [0.1, 0.15) is 226 Å². The second kappa shape index (κ2) is 38.9. The molecule has 0 aromatic heterocycles. The van der Waals surface area contributed by atoms with E-state index in [0.717, 1.165) is 44.9 Å². The fourth-order valence-electron chi connectivity index (χ4n) is 6.06. The van der Waals surface area contributed by atoms with Crippen molar-refractivity contribution in [1.82, 2.24) is 0 Å². The van der Waals surface area contributed by atoms with Crippen LogP contribution < -0.4 is 0 Å². The first-order valence-corrected chi connectivity index (χ1v) is 21.2. The number of carbonyl (C=O) groups is 3. The van der Waals surface area contributed by atoms with E-state index in [1.807, 2.05) is 6.92 Å². The molecule has 0 amide bonds. The maximum absolute atomic E-state index is 12.5. The van der Waals surface area contributed by atoms with Crippen LogP contribution in [0.5, 0.6) is 0 Å². The smallest absolute Gasteiger partial charge is 0.306 e. The van der Waals surface area contributed by atoms with E-state index in [4.69, 9.17) is 14.2 Å². The summed E-state index contributed by atoms with van der Waals surface area (Å²) in [6.45, 7) is 6.28. The first-order valence-electron chi connectivity index (χ1n) is 21.2. The average Bonchev–Trinajstić information content (AvgIpc) is 3.09. The highest BCUT2D eigenvalue weighted by Crippen LogP contribution is 2.15. The average molecular weight is 693 g/mol. The van der Waals surface area contributed by atoms with E-state index in [0.29, 0.717) is 25.7 Å². The Kier molecular flexibility index (Phi) is 37.5. The number of esters is 3. The Bertz CT molecular complexity index is 763. The Morgan fingerprint density at radius 2 is 0.714 bits per heavy atom. The normalized spacial score (nSPS) is 12.0. The van der Waals surface area contributed by atoms with E-state index >= 15 is 0 Å². The van der Waals surface area contributed by atoms with Crippen LogP contribution in [0.4, 0.5) is 0 Å². The van der Waals surface area contributed by atoms with Gasteiger partial charge in [-0.2, -0.15) is 0 Å². The maximum atomic E-state index is 12.5. The second-order valence-corrected chi connectivity index (χ2v) is 14.3. The summed E-state index contributed by atoms with van der Waals surface area (Å²) in [6.07, 6.45) is 40.4. The lowest BCUT2D eigenvalue weighted by Gasteiger charge is -2.18. The summed E-state index contributed by atoms with van der Waals surface area (Å²) in [4.78, 5) is 36.8. The molecule has 1 atom stereocenters. The van der Waals surface area contributed by atoms with Crippen molar-refractivity contribution in [3.05, 3.63) is 12.2 Å². The molecule has 0 unspecified atom stereocenters. The zero-order valence-corrected chi connectivity index (χ0v) is 32.7. The van der Waals surface area contributed by atoms with Crippen LogP contribution in [-0.2, 0) is 28.6 Å². The Morgan fingerprint density at radius 3 is 1.10 bits per heavy atom. The maximum Gasteiger partial charge on any atom is 0.306 e. The van der Waals surface area contributed by atoms with Crippen molar-refractivity contribution >= 4 is 17.9 Å². The summed E-state index contributed by atoms with van der Waals surface area (Å²) in [6, 6.07) is 0. The molecule has 0 spiro atoms. The highest BCUT2D eigenvalue weighted by Gasteiger charge is 2.19. The topological polar surface area (TPSA) is 78.9 Å². The van der Waals surface area contributed by atoms with Gasteiger partial charge in [0.15, 0.2) is 6.10 Å². The SMILES string of the molecule is CCCCCCCC/C=C\CCCCCCCC(=O)O[C@H](COC(=O)CCC)COC(=O)CCCCCCCCCCCCCCCCC. The minimum Gasteiger partial charge on any atom is -0.462 e. The minimum atomic E-state index is -0.763. The minimum absolute atomic E-state index is 0.0743. The predicted molar refractivity (Wildman–Crippen MR) is 206 cm³/mol. The number of hydrogen-bond acceptors (Lipinski definition) is 6. The first-order chi connectivity index (χ1) is 24.0. The number of unbranched alkanes of at least 4 members (excludes halogenated alkanes) is 25. The van der Waals surface area contributed by atoms with Crippen molar-refractivity contribution in [3.8, 4) is 0 Å². The van der Waals surface area contributed by atoms with Crippen molar-refractivity contribution in [3.63, 3.8) is 0 Å². The van der Waals surface area contributed by atoms with Gasteiger partial charge in [-0.05, 0) is 44.9 Å². The third kappa shape index (κ3) is 37.2. The van der Waals surface area contributed by atoms with Crippen LogP contribution in [0, 0.1) is 0 Å². The Hall–Kier alpha value is -1.85. The quantitative estimate of drug-likeness (QED) is 0.0277. The predicted octanol–water partition coefficient (Wildman–Crippen LogP) is 13.1. The van der Waals surface area contributed by atoms with Gasteiger partial charge in [-0.25, -0.2) is 0 Å². The highest BCUT2D eigenvalue weighted by atomic mass is 16.6. The number of allylic oxidation sites excluding steroid dienone is 2. The van der Waals surface area contributed by atoms with E-state index in [1.54, 1.807) is 0 Å². The summed E-state index contributed by atoms with van der Waals surface area (Å²) in [5.74, 6) is -0.939. The van der Waals surface area contributed by atoms with Gasteiger partial charge in [0.05, 0.1) is 0 Å². The van der Waals surface area contributed by atoms with E-state index in [9.17, 15) is 14.4 Å². The fourth-order valence-corrected chi connectivity index (χ4v) is 6.06. The summed E-state index contributed by atoms with van der Waals surface area (Å²) in [7, 11) is 0. The molecule has 0 N–H and O–H groups in total. The van der Waals surface area contributed by atoms with Gasteiger partial charge in [-0.15, -0.1) is 0 Å². The van der Waals surface area contributed by atoms with Gasteiger partial charge >= 0.3 is 17.9 Å². The van der Waals surface area contributed by atoms with Crippen LogP contribution in [0.3, 0.4) is 0 Å². The molecule has 0 aromatic rings. The number of hydrogen-bond donors (Lipinski definition) is 0. The lowest BCUT2D eigenvalue weighted by Crippen LogP contribution is -2.30. The zero-order chi connectivity index (χ0) is 35.9. The Morgan fingerprint density at radius 1 is 0.388 bits per heavy atom. The van der Waals surface area contributed by atoms with Gasteiger partial charge in [0, 0.05) is 19.3 Å². The zero-order valence-electron chi connectivity index (χ0n) is 32.7. The lowest BCUT2D eigenvalue weighted by atomic mass is 10.0. The molecule has 0 fully saturated rings. The molecule has 49 heavy (non-hydrogen) atoms. The molecule has 6 heteroatoms. The fraction of sp³-hybridized carbons (Fsp3) is 0.884. The second-order valence-electron chi connectivity index (χ2n) is 14.3. The molecular formula is C43H80O6. The van der Waals surface area contributed by atoms with Crippen LogP contribution in [-0.4, -0.2) is 37.2 Å². The molecular weight excluding hydrogens is 612 g/mol. The summed E-state index contributed by atoms with van der Waals surface area (Å²) >= 11 is 0. The highest BCUT2D eigenvalue weighted by molar-refractivity contribution is 5.71. The molecule has 288 valence electrons. The van der Waals surface area contributed by atoms with Crippen molar-refractivity contribution in [2.24, 2.45) is 0 Å². The van der Waals surface area contributed by atoms with Crippen molar-refractivity contribution < 1.29 is 28.6 Å². The molecule has 0 saturated heterocycles. The van der Waals surface area contributed by atoms with Gasteiger partial charge in [0.2, 0.25) is 0 Å². The first kappa shape index (κ1) is 47.1. The molecule has 0 radical (unpaired) electrons. The van der Waals surface area contributed by atoms with Crippen LogP contribution in [0.25, 0.3) is 0 Å². The standard InChI is InChI=1S/C43H80O6/c1-4-7-9-11-13-15-17-19-21-23-25-27-29-31-33-36-42(45)48-39-40(38-47-41(44)35-6-3)49-43(46)37-34-32-30-28-26-24-22-20-18-16-14-12-10-8-5-2/h20,22,40H,4-19,21,23-39H2,1-3H3/b22-20-/t40-/m1/s1. The van der Waals surface area contributed by atoms with E-state index in [1.165, 1.54) is 135 Å². The summed E-state index contributed by atoms with van der Waals surface area (Å²) < 4.78 is 16.3. The Labute approximate surface area is 303 Å². The third-order valence-electron chi connectivity index (χ3n) is 9.24. The van der Waals surface area contributed by atoms with Crippen molar-refractivity contribution in [1.29, 1.82) is 0 Å². The van der Waals surface area contributed by atoms with Crippen molar-refractivity contribution in [2.45, 2.75) is 232 Å². The van der Waals surface area contributed by atoms with Gasteiger partial charge in [-0.3, -0.25) is 14.4 Å². The molecule has 0 aliphatic carbocycles. The van der Waals surface area contributed by atoms with E-state index in [2.05, 4.69) is 26.0 Å². The number of ether oxygens (including phenoxy) is 3. The van der Waals surface area contributed by atoms with Crippen LogP contribution in [0.2, 0.25) is 0 Å². The van der Waals surface area contributed by atoms with Gasteiger partial charge in [0.1, 0.15) is 13.2 Å². The molecule has 0 aromatic carbocycles. The molecule has 0 aliphatic rings. The molecule has 0 aliphatic heterocycles. The molecule has 0 bridgehead atoms. The molecule has 0 heterocycles. The van der Waals surface area contributed by atoms with Gasteiger partial charge in [0.25, 0.3) is 0 Å². The monoisotopic (exact) mass is 693 g/mol. The summed E-state index contributed by atoms with van der Waals surface area (Å²) in [5.41, 5.74) is 0. The molecule has 0 saturated carbocycles. The number of carbonyl (C=O) groups excluding carboxylic acids is 3. The largest absolute Gasteiger partial charge is 0.462 e. The van der Waals surface area contributed by atoms with Crippen LogP contribution in [0.15, 0.2) is 12.2 Å². The summed E-state index contributed by atoms with van der Waals surface area (Å²) in [5, 5.41) is 0. The number of rotatable bonds is 38. The van der Waals surface area contributed by atoms with Gasteiger partial charge in [-0.1, -0.05) is 174 Å². The van der Waals surface area contributed by atoms with Gasteiger partial charge < -0.3 is 14.2 Å². The van der Waals surface area contributed by atoms with Crippen LogP contribution >= 0.6 is 0 Å². The molecule has 0 rings (SSSR count). The van der Waals surface area contributed by atoms with E-state index in [-0.39, 0.29) is 31.1 Å². The third-order valence-corrected chi connectivity index (χ3v) is 9.24. The lowest BCUT2D eigenvalue weighted by molar-refractivity contribution is -0.167. The Balaban J connectivity index is 3.98. The molecule has 6 nitrogen and oxygen atoms in total. The van der Waals surface area contributed by atoms with Crippen molar-refractivity contribution in [2.75, 3.05) is 13.2 Å². The van der Waals surface area contributed by atoms with E-state index < -0.39 is 6.10 Å².